The lowest BCUT2D eigenvalue weighted by atomic mass is 9.93. The molecule has 1 heterocycles. The van der Waals surface area contributed by atoms with Crippen molar-refractivity contribution in [3.8, 4) is 0 Å². The third-order valence-electron chi connectivity index (χ3n) is 6.18. The van der Waals surface area contributed by atoms with Crippen molar-refractivity contribution in [2.24, 2.45) is 22.7 Å². The second-order valence-corrected chi connectivity index (χ2v) is 9.08. The molecule has 1 aliphatic rings. The summed E-state index contributed by atoms with van der Waals surface area (Å²) in [6.45, 7) is 24.2. The van der Waals surface area contributed by atoms with Crippen molar-refractivity contribution < 1.29 is 18.8 Å². The molecule has 39 heavy (non-hydrogen) atoms. The number of nitrogens with zero attached hydrogens (tertiary/aromatic N) is 2. The maximum absolute atomic E-state index is 12.6. The number of rotatable bonds is 13. The minimum atomic E-state index is -0.364. The fraction of sp³-hybridized carbons (Fsp3) is 0.645. The van der Waals surface area contributed by atoms with Gasteiger partial charge >= 0.3 is 6.47 Å². The molecule has 1 rings (SSSR count). The van der Waals surface area contributed by atoms with Crippen LogP contribution >= 0.6 is 0 Å². The molecule has 0 spiro atoms. The van der Waals surface area contributed by atoms with E-state index in [1.165, 1.54) is 24.5 Å². The van der Waals surface area contributed by atoms with E-state index in [0.717, 1.165) is 24.8 Å². The summed E-state index contributed by atoms with van der Waals surface area (Å²) in [5.74, 6) is -0.207. The standard InChI is InChI=1S/C17H26FN3O3.C10H19N.2C2H6/c1-12-6-8-14(9-7-13(2)16(19)20-24-11-22)21(3)17(23)15(12)5-4-10-18;1-5-7-9(3)8-11-10(4)6-2;2*1-2/h4,10-11,13-15H,1,5-9H2,2-3H3,(H2,19,20);6,8,10-11H,2,5,7H2,1,3-4H3;2*1-2H3/b10-4+;9-8-;;/t13-,14-,15?;;;/m1.../s1. The summed E-state index contributed by atoms with van der Waals surface area (Å²) < 4.78 is 12.3. The van der Waals surface area contributed by atoms with Gasteiger partial charge in [0.25, 0.3) is 0 Å². The highest BCUT2D eigenvalue weighted by molar-refractivity contribution is 5.83. The van der Waals surface area contributed by atoms with Crippen molar-refractivity contribution in [3.05, 3.63) is 49.0 Å². The Labute approximate surface area is 238 Å². The number of allylic oxidation sites excluding steroid dienone is 2. The molecule has 4 atom stereocenters. The summed E-state index contributed by atoms with van der Waals surface area (Å²) in [6.07, 6.45) is 11.5. The van der Waals surface area contributed by atoms with Crippen LogP contribution in [0.1, 0.15) is 100 Å². The number of halogens is 1. The van der Waals surface area contributed by atoms with Gasteiger partial charge in [0.2, 0.25) is 5.91 Å². The first-order valence-corrected chi connectivity index (χ1v) is 14.3. The van der Waals surface area contributed by atoms with E-state index in [4.69, 9.17) is 5.73 Å². The van der Waals surface area contributed by atoms with Gasteiger partial charge < -0.3 is 20.8 Å². The Hall–Kier alpha value is -2.90. The first-order chi connectivity index (χ1) is 18.6. The number of nitrogens with one attached hydrogen (secondary N) is 1. The number of hydrogen-bond acceptors (Lipinski definition) is 5. The summed E-state index contributed by atoms with van der Waals surface area (Å²) in [4.78, 5) is 28.8. The first kappa shape index (κ1) is 40.6. The van der Waals surface area contributed by atoms with Crippen LogP contribution in [0.5, 0.6) is 0 Å². The second-order valence-electron chi connectivity index (χ2n) is 9.08. The van der Waals surface area contributed by atoms with Crippen LogP contribution in [0.2, 0.25) is 0 Å². The Bertz CT molecular complexity index is 765. The van der Waals surface area contributed by atoms with E-state index >= 15 is 0 Å². The van der Waals surface area contributed by atoms with Gasteiger partial charge in [-0.05, 0) is 58.6 Å². The van der Waals surface area contributed by atoms with E-state index < -0.39 is 0 Å². The van der Waals surface area contributed by atoms with Gasteiger partial charge in [-0.3, -0.25) is 9.59 Å². The lowest BCUT2D eigenvalue weighted by Gasteiger charge is -2.28. The number of oxime groups is 1. The third kappa shape index (κ3) is 18.9. The van der Waals surface area contributed by atoms with Crippen LogP contribution in [0, 0.1) is 11.8 Å². The largest absolute Gasteiger partial charge is 0.385 e. The van der Waals surface area contributed by atoms with Gasteiger partial charge in [0.1, 0.15) is 5.84 Å². The predicted octanol–water partition coefficient (Wildman–Crippen LogP) is 7.42. The first-order valence-electron chi connectivity index (χ1n) is 14.3. The normalized spacial score (nSPS) is 19.2. The average molecular weight is 553 g/mol. The smallest absolute Gasteiger partial charge is 0.323 e. The second kappa shape index (κ2) is 26.7. The fourth-order valence-corrected chi connectivity index (χ4v) is 3.68. The van der Waals surface area contributed by atoms with Crippen molar-refractivity contribution in [2.45, 2.75) is 112 Å². The molecular formula is C31H57FN4O3. The van der Waals surface area contributed by atoms with E-state index in [1.807, 2.05) is 40.7 Å². The Balaban J connectivity index is -0.000000724. The van der Waals surface area contributed by atoms with Gasteiger partial charge in [-0.2, -0.15) is 0 Å². The molecule has 0 aromatic rings. The maximum Gasteiger partial charge on any atom is 0.323 e. The molecule has 0 saturated carbocycles. The van der Waals surface area contributed by atoms with Crippen LogP contribution in [0.15, 0.2) is 54.1 Å². The monoisotopic (exact) mass is 552 g/mol. The molecule has 7 nitrogen and oxygen atoms in total. The van der Waals surface area contributed by atoms with Crippen molar-refractivity contribution >= 4 is 18.2 Å². The van der Waals surface area contributed by atoms with E-state index in [9.17, 15) is 14.0 Å². The van der Waals surface area contributed by atoms with Crippen LogP contribution in [0.3, 0.4) is 0 Å². The Morgan fingerprint density at radius 2 is 1.92 bits per heavy atom. The minimum absolute atomic E-state index is 0.0285. The number of hydrogen-bond donors (Lipinski definition) is 2. The number of carbonyl (C=O) groups excluding carboxylic acids is 2. The number of amides is 1. The third-order valence-corrected chi connectivity index (χ3v) is 6.18. The van der Waals surface area contributed by atoms with Crippen LogP contribution in [0.4, 0.5) is 4.39 Å². The summed E-state index contributed by atoms with van der Waals surface area (Å²) in [6, 6.07) is 0.442. The maximum atomic E-state index is 12.6. The van der Waals surface area contributed by atoms with Crippen LogP contribution < -0.4 is 11.1 Å². The Kier molecular flexibility index (Phi) is 27.8. The zero-order valence-electron chi connectivity index (χ0n) is 26.1. The molecule has 8 heteroatoms. The highest BCUT2D eigenvalue weighted by atomic mass is 19.1. The highest BCUT2D eigenvalue weighted by Gasteiger charge is 2.32. The van der Waals surface area contributed by atoms with Gasteiger partial charge in [-0.25, -0.2) is 4.39 Å². The Morgan fingerprint density at radius 1 is 1.31 bits per heavy atom. The van der Waals surface area contributed by atoms with E-state index in [1.54, 1.807) is 11.9 Å². The molecule has 0 aromatic carbocycles. The molecule has 3 N–H and O–H groups in total. The molecule has 0 radical (unpaired) electrons. The molecule has 1 amide bonds. The molecule has 1 fully saturated rings. The minimum Gasteiger partial charge on any atom is -0.385 e. The van der Waals surface area contributed by atoms with Crippen LogP contribution in [-0.2, 0) is 14.4 Å². The summed E-state index contributed by atoms with van der Waals surface area (Å²) >= 11 is 0. The summed E-state index contributed by atoms with van der Waals surface area (Å²) in [5.41, 5.74) is 7.99. The van der Waals surface area contributed by atoms with Crippen molar-refractivity contribution in [1.29, 1.82) is 0 Å². The van der Waals surface area contributed by atoms with Gasteiger partial charge in [0, 0.05) is 25.0 Å². The molecule has 1 aliphatic heterocycles. The predicted molar refractivity (Wildman–Crippen MR) is 165 cm³/mol. The van der Waals surface area contributed by atoms with Crippen molar-refractivity contribution in [3.63, 3.8) is 0 Å². The number of amidine groups is 1. The van der Waals surface area contributed by atoms with E-state index in [0.29, 0.717) is 25.2 Å². The summed E-state index contributed by atoms with van der Waals surface area (Å²) in [7, 11) is 1.77. The highest BCUT2D eigenvalue weighted by Crippen LogP contribution is 2.30. The Morgan fingerprint density at radius 3 is 2.44 bits per heavy atom. The lowest BCUT2D eigenvalue weighted by Crippen LogP contribution is -2.39. The van der Waals surface area contributed by atoms with Gasteiger partial charge in [0.05, 0.1) is 12.2 Å². The molecule has 2 unspecified atom stereocenters. The molecule has 0 aliphatic carbocycles. The number of carbonyl (C=O) groups is 2. The van der Waals surface area contributed by atoms with Crippen LogP contribution in [-0.4, -0.2) is 42.2 Å². The number of nitrogens with two attached hydrogens (primary N) is 1. The van der Waals surface area contributed by atoms with Gasteiger partial charge in [-0.15, -0.1) is 6.58 Å². The molecule has 0 bridgehead atoms. The molecular weight excluding hydrogens is 495 g/mol. The van der Waals surface area contributed by atoms with Gasteiger partial charge in [-0.1, -0.05) is 83.0 Å². The lowest BCUT2D eigenvalue weighted by molar-refractivity contribution is -0.134. The molecule has 226 valence electrons. The quantitative estimate of drug-likeness (QED) is 0.0619. The fourth-order valence-electron chi connectivity index (χ4n) is 3.68. The van der Waals surface area contributed by atoms with E-state index in [-0.39, 0.29) is 36.1 Å². The van der Waals surface area contributed by atoms with Gasteiger partial charge in [0.15, 0.2) is 0 Å². The van der Waals surface area contributed by atoms with E-state index in [2.05, 4.69) is 55.4 Å². The summed E-state index contributed by atoms with van der Waals surface area (Å²) in [5, 5.41) is 6.74. The zero-order valence-corrected chi connectivity index (χ0v) is 26.1. The zero-order chi connectivity index (χ0) is 30.8. The van der Waals surface area contributed by atoms with Crippen molar-refractivity contribution in [2.75, 3.05) is 7.05 Å². The van der Waals surface area contributed by atoms with Crippen LogP contribution in [0.25, 0.3) is 0 Å². The molecule has 0 aromatic heterocycles. The van der Waals surface area contributed by atoms with Crippen molar-refractivity contribution in [1.82, 2.24) is 10.2 Å². The average Bonchev–Trinajstić information content (AvgIpc) is 3.05. The molecule has 1 saturated heterocycles. The topological polar surface area (TPSA) is 97.0 Å². The number of likely N-dealkylation sites (tertiary alicyclic amines) is 1. The SMILES string of the molecule is C=C1CC[C@H](CC[C@@H](C)/C(N)=N/OC=O)N(C)C(=O)C1C/C=C/F.C=CC(C)N/C=C(/C)CCC.CC.CC.